The predicted molar refractivity (Wildman–Crippen MR) is 184 cm³/mol. The Hall–Kier alpha value is -4.99. The summed E-state index contributed by atoms with van der Waals surface area (Å²) in [7, 11) is 1.34. The minimum absolute atomic E-state index is 0.105. The summed E-state index contributed by atoms with van der Waals surface area (Å²) in [6, 6.07) is 32.0. The molecular weight excluding hydrogens is 604 g/mol. The van der Waals surface area contributed by atoms with Crippen LogP contribution in [0.1, 0.15) is 65.3 Å². The Kier molecular flexibility index (Phi) is 10.5. The summed E-state index contributed by atoms with van der Waals surface area (Å²) in [6.07, 6.45) is 1.54. The number of carbonyl (C=O) groups is 1. The zero-order chi connectivity index (χ0) is 33.5. The Balaban J connectivity index is 1.41. The molecule has 2 heterocycles. The van der Waals surface area contributed by atoms with Gasteiger partial charge >= 0.3 is 5.97 Å². The zero-order valence-corrected chi connectivity index (χ0v) is 27.7. The molecule has 1 aromatic heterocycles. The molecule has 0 spiro atoms. The molecule has 9 heteroatoms. The lowest BCUT2D eigenvalue weighted by atomic mass is 10.00. The highest BCUT2D eigenvalue weighted by atomic mass is 16.5. The molecule has 1 aliphatic heterocycles. The lowest BCUT2D eigenvalue weighted by Crippen LogP contribution is -2.37. The highest BCUT2D eigenvalue weighted by Crippen LogP contribution is 2.39. The molecule has 0 aliphatic carbocycles. The largest absolute Gasteiger partial charge is 0.488 e. The first kappa shape index (κ1) is 32.9. The van der Waals surface area contributed by atoms with Gasteiger partial charge in [-0.15, -0.1) is 5.10 Å². The van der Waals surface area contributed by atoms with Crippen LogP contribution in [0, 0.1) is 0 Å². The standard InChI is InChI=1S/C39H42N4O5/c1-27(2)33-21-34(36(48-26-30-13-8-5-9-14-30)22-35(33)47-25-29-11-6-4-7-12-29)43-38(37(40-41-43)39(45)46-3)31-18-16-28(17-19-31)23-42-20-10-15-32(44)24-42/h4-9,11-14,16-19,21-22,27,32,44H,10,15,20,23-26H2,1-3H3. The van der Waals surface area contributed by atoms with Crippen LogP contribution in [0.2, 0.25) is 0 Å². The van der Waals surface area contributed by atoms with E-state index in [2.05, 4.69) is 29.1 Å². The van der Waals surface area contributed by atoms with Gasteiger partial charge in [0.1, 0.15) is 36.1 Å². The number of benzene rings is 4. The van der Waals surface area contributed by atoms with Crippen LogP contribution < -0.4 is 9.47 Å². The average Bonchev–Trinajstić information content (AvgIpc) is 3.55. The molecule has 0 bridgehead atoms. The third-order valence-corrected chi connectivity index (χ3v) is 8.58. The second-order valence-electron chi connectivity index (χ2n) is 12.5. The summed E-state index contributed by atoms with van der Waals surface area (Å²) in [6.45, 7) is 7.31. The Morgan fingerprint density at radius 3 is 2.12 bits per heavy atom. The molecule has 1 saturated heterocycles. The third-order valence-electron chi connectivity index (χ3n) is 8.58. The Morgan fingerprint density at radius 2 is 1.52 bits per heavy atom. The summed E-state index contributed by atoms with van der Waals surface area (Å²) in [5.41, 5.74) is 6.14. The maximum atomic E-state index is 13.0. The number of rotatable bonds is 12. The van der Waals surface area contributed by atoms with E-state index < -0.39 is 5.97 Å². The van der Waals surface area contributed by atoms with Gasteiger partial charge in [-0.3, -0.25) is 4.90 Å². The van der Waals surface area contributed by atoms with Crippen molar-refractivity contribution < 1.29 is 24.1 Å². The van der Waals surface area contributed by atoms with Crippen LogP contribution in [0.5, 0.6) is 11.5 Å². The number of hydrogen-bond donors (Lipinski definition) is 1. The van der Waals surface area contributed by atoms with E-state index in [1.807, 2.05) is 97.1 Å². The monoisotopic (exact) mass is 646 g/mol. The van der Waals surface area contributed by atoms with E-state index in [9.17, 15) is 9.90 Å². The first-order valence-corrected chi connectivity index (χ1v) is 16.4. The molecule has 1 aliphatic rings. The topological polar surface area (TPSA) is 98.9 Å². The fourth-order valence-corrected chi connectivity index (χ4v) is 6.04. The number of hydrogen-bond acceptors (Lipinski definition) is 8. The molecule has 6 rings (SSSR count). The minimum Gasteiger partial charge on any atom is -0.488 e. The van der Waals surface area contributed by atoms with Crippen molar-refractivity contribution in [3.05, 3.63) is 125 Å². The van der Waals surface area contributed by atoms with Crippen molar-refractivity contribution in [1.82, 2.24) is 19.9 Å². The van der Waals surface area contributed by atoms with Gasteiger partial charge in [-0.2, -0.15) is 0 Å². The number of carbonyl (C=O) groups excluding carboxylic acids is 1. The van der Waals surface area contributed by atoms with E-state index in [1.165, 1.54) is 7.11 Å². The fourth-order valence-electron chi connectivity index (χ4n) is 6.04. The van der Waals surface area contributed by atoms with Crippen molar-refractivity contribution in [2.75, 3.05) is 20.2 Å². The predicted octanol–water partition coefficient (Wildman–Crippen LogP) is 6.96. The van der Waals surface area contributed by atoms with Crippen LogP contribution in [0.3, 0.4) is 0 Å². The summed E-state index contributed by atoms with van der Waals surface area (Å²) in [5.74, 6) is 0.774. The second kappa shape index (κ2) is 15.3. The number of likely N-dealkylation sites (tertiary alicyclic amines) is 1. The van der Waals surface area contributed by atoms with Gasteiger partial charge in [-0.05, 0) is 53.6 Å². The first-order valence-electron chi connectivity index (χ1n) is 16.4. The van der Waals surface area contributed by atoms with Crippen molar-refractivity contribution in [2.45, 2.75) is 58.5 Å². The Morgan fingerprint density at radius 1 is 0.875 bits per heavy atom. The molecule has 248 valence electrons. The van der Waals surface area contributed by atoms with Crippen molar-refractivity contribution >= 4 is 5.97 Å². The average molecular weight is 647 g/mol. The molecule has 1 fully saturated rings. The Labute approximate surface area is 281 Å². The van der Waals surface area contributed by atoms with Crippen molar-refractivity contribution in [3.63, 3.8) is 0 Å². The number of aliphatic hydroxyl groups is 1. The molecule has 0 amide bonds. The molecule has 9 nitrogen and oxygen atoms in total. The normalized spacial score (nSPS) is 15.0. The molecule has 0 saturated carbocycles. The SMILES string of the molecule is COC(=O)c1nnn(-c2cc(C(C)C)c(OCc3ccccc3)cc2OCc2ccccc2)c1-c1ccc(CN2CCCC(O)C2)cc1. The van der Waals surface area contributed by atoms with Gasteiger partial charge in [0.15, 0.2) is 5.69 Å². The lowest BCUT2D eigenvalue weighted by Gasteiger charge is -2.30. The number of nitrogens with zero attached hydrogens (tertiary/aromatic N) is 4. The van der Waals surface area contributed by atoms with E-state index >= 15 is 0 Å². The van der Waals surface area contributed by atoms with E-state index in [0.717, 1.165) is 53.7 Å². The molecule has 5 aromatic rings. The van der Waals surface area contributed by atoms with Crippen LogP contribution in [-0.2, 0) is 24.5 Å². The first-order chi connectivity index (χ1) is 23.4. The van der Waals surface area contributed by atoms with Gasteiger partial charge in [-0.1, -0.05) is 104 Å². The van der Waals surface area contributed by atoms with Gasteiger partial charge in [0.2, 0.25) is 0 Å². The quantitative estimate of drug-likeness (QED) is 0.145. The molecule has 0 radical (unpaired) electrons. The highest BCUT2D eigenvalue weighted by molar-refractivity contribution is 5.94. The van der Waals surface area contributed by atoms with Gasteiger partial charge in [0.05, 0.1) is 13.2 Å². The van der Waals surface area contributed by atoms with E-state index in [4.69, 9.17) is 14.2 Å². The number of piperidine rings is 1. The number of esters is 1. The number of methoxy groups -OCH3 is 1. The van der Waals surface area contributed by atoms with Gasteiger partial charge < -0.3 is 19.3 Å². The molecule has 1 atom stereocenters. The maximum absolute atomic E-state index is 13.0. The fraction of sp³-hybridized carbons (Fsp3) is 0.308. The summed E-state index contributed by atoms with van der Waals surface area (Å²) in [4.78, 5) is 15.3. The maximum Gasteiger partial charge on any atom is 0.360 e. The number of β-amino-alcohol motifs (C(OH)–C–C–N with tert-alkyl or cyclic N) is 1. The molecule has 4 aromatic carbocycles. The van der Waals surface area contributed by atoms with Crippen LogP contribution in [0.25, 0.3) is 16.9 Å². The van der Waals surface area contributed by atoms with Crippen LogP contribution in [-0.4, -0.2) is 57.3 Å². The second-order valence-corrected chi connectivity index (χ2v) is 12.5. The minimum atomic E-state index is -0.582. The summed E-state index contributed by atoms with van der Waals surface area (Å²) >= 11 is 0. The van der Waals surface area contributed by atoms with Crippen LogP contribution in [0.4, 0.5) is 0 Å². The summed E-state index contributed by atoms with van der Waals surface area (Å²) < 4.78 is 19.7. The highest BCUT2D eigenvalue weighted by Gasteiger charge is 2.26. The Bertz CT molecular complexity index is 1810. The van der Waals surface area contributed by atoms with E-state index in [1.54, 1.807) is 4.68 Å². The zero-order valence-electron chi connectivity index (χ0n) is 27.7. The lowest BCUT2D eigenvalue weighted by molar-refractivity contribution is 0.0594. The number of ether oxygens (including phenoxy) is 3. The van der Waals surface area contributed by atoms with E-state index in [-0.39, 0.29) is 17.7 Å². The number of aromatic nitrogens is 3. The molecule has 48 heavy (non-hydrogen) atoms. The van der Waals surface area contributed by atoms with Gasteiger partial charge in [-0.25, -0.2) is 9.48 Å². The summed E-state index contributed by atoms with van der Waals surface area (Å²) in [5, 5.41) is 18.9. The van der Waals surface area contributed by atoms with E-state index in [0.29, 0.717) is 42.6 Å². The van der Waals surface area contributed by atoms with Gasteiger partial charge in [0, 0.05) is 24.7 Å². The van der Waals surface area contributed by atoms with Crippen molar-refractivity contribution in [2.24, 2.45) is 0 Å². The molecular formula is C39H42N4O5. The van der Waals surface area contributed by atoms with Crippen LogP contribution >= 0.6 is 0 Å². The van der Waals surface area contributed by atoms with Crippen molar-refractivity contribution in [3.8, 4) is 28.4 Å². The number of aliphatic hydroxyl groups excluding tert-OH is 1. The van der Waals surface area contributed by atoms with Crippen LogP contribution in [0.15, 0.2) is 97.1 Å². The van der Waals surface area contributed by atoms with Crippen molar-refractivity contribution in [1.29, 1.82) is 0 Å². The smallest absolute Gasteiger partial charge is 0.360 e. The van der Waals surface area contributed by atoms with Gasteiger partial charge in [0.25, 0.3) is 0 Å². The molecule has 1 N–H and O–H groups in total. The third kappa shape index (κ3) is 7.75. The molecule has 1 unspecified atom stereocenters.